The highest BCUT2D eigenvalue weighted by Gasteiger charge is 2.25. The Hall–Kier alpha value is -2.34. The van der Waals surface area contributed by atoms with E-state index >= 15 is 0 Å². The van der Waals surface area contributed by atoms with E-state index in [2.05, 4.69) is 21.4 Å². The SMILES string of the molecule is Cc1cc(N2CCCC(NC(=O)[C@@H](O)Cc3ccccc3)C2)n(C)n1. The molecule has 25 heavy (non-hydrogen) atoms. The van der Waals surface area contributed by atoms with Crippen LogP contribution in [0.4, 0.5) is 5.82 Å². The van der Waals surface area contributed by atoms with Crippen LogP contribution in [-0.4, -0.2) is 46.0 Å². The predicted octanol–water partition coefficient (Wildman–Crippen LogP) is 1.42. The molecule has 0 saturated carbocycles. The third-order valence-corrected chi connectivity index (χ3v) is 4.64. The molecule has 1 aliphatic heterocycles. The highest BCUT2D eigenvalue weighted by molar-refractivity contribution is 5.81. The first-order valence-electron chi connectivity index (χ1n) is 8.81. The molecule has 1 unspecified atom stereocenters. The van der Waals surface area contributed by atoms with Crippen molar-refractivity contribution in [1.29, 1.82) is 0 Å². The van der Waals surface area contributed by atoms with E-state index in [1.54, 1.807) is 0 Å². The zero-order valence-corrected chi connectivity index (χ0v) is 14.9. The van der Waals surface area contributed by atoms with E-state index in [1.807, 2.05) is 49.0 Å². The zero-order chi connectivity index (χ0) is 17.8. The molecule has 2 N–H and O–H groups in total. The van der Waals surface area contributed by atoms with E-state index in [1.165, 1.54) is 0 Å². The number of rotatable bonds is 5. The molecule has 2 atom stereocenters. The normalized spacial score (nSPS) is 18.8. The molecule has 1 amide bonds. The minimum absolute atomic E-state index is 0.0434. The second kappa shape index (κ2) is 7.70. The molecule has 1 fully saturated rings. The summed E-state index contributed by atoms with van der Waals surface area (Å²) in [6.45, 7) is 3.67. The van der Waals surface area contributed by atoms with E-state index in [-0.39, 0.29) is 11.9 Å². The van der Waals surface area contributed by atoms with Crippen LogP contribution in [0, 0.1) is 6.92 Å². The van der Waals surface area contributed by atoms with Crippen molar-refractivity contribution in [3.8, 4) is 0 Å². The number of aromatic nitrogens is 2. The van der Waals surface area contributed by atoms with Crippen LogP contribution in [0.15, 0.2) is 36.4 Å². The Morgan fingerprint density at radius 1 is 1.40 bits per heavy atom. The number of hydrogen-bond donors (Lipinski definition) is 2. The van der Waals surface area contributed by atoms with Crippen LogP contribution >= 0.6 is 0 Å². The molecule has 1 aromatic heterocycles. The monoisotopic (exact) mass is 342 g/mol. The van der Waals surface area contributed by atoms with Gasteiger partial charge in [0.25, 0.3) is 0 Å². The lowest BCUT2D eigenvalue weighted by molar-refractivity contribution is -0.130. The largest absolute Gasteiger partial charge is 0.383 e. The first-order chi connectivity index (χ1) is 12.0. The summed E-state index contributed by atoms with van der Waals surface area (Å²) in [5.74, 6) is 0.776. The van der Waals surface area contributed by atoms with Crippen molar-refractivity contribution < 1.29 is 9.90 Å². The van der Waals surface area contributed by atoms with Crippen molar-refractivity contribution in [2.45, 2.75) is 38.3 Å². The maximum absolute atomic E-state index is 12.3. The van der Waals surface area contributed by atoms with Gasteiger partial charge in [-0.05, 0) is 25.3 Å². The van der Waals surface area contributed by atoms with Gasteiger partial charge in [-0.25, -0.2) is 0 Å². The first-order valence-corrected chi connectivity index (χ1v) is 8.81. The van der Waals surface area contributed by atoms with Crippen molar-refractivity contribution in [3.05, 3.63) is 47.7 Å². The highest BCUT2D eigenvalue weighted by Crippen LogP contribution is 2.20. The Balaban J connectivity index is 1.56. The smallest absolute Gasteiger partial charge is 0.249 e. The number of benzene rings is 1. The van der Waals surface area contributed by atoms with Crippen LogP contribution in [-0.2, 0) is 18.3 Å². The summed E-state index contributed by atoms with van der Waals surface area (Å²) in [6.07, 6.45) is 1.25. The fourth-order valence-electron chi connectivity index (χ4n) is 3.42. The second-order valence-electron chi connectivity index (χ2n) is 6.77. The number of carbonyl (C=O) groups is 1. The lowest BCUT2D eigenvalue weighted by Crippen LogP contribution is -2.51. The molecule has 1 aromatic carbocycles. The van der Waals surface area contributed by atoms with Crippen LogP contribution in [0.5, 0.6) is 0 Å². The van der Waals surface area contributed by atoms with Crippen LogP contribution in [0.3, 0.4) is 0 Å². The molecule has 3 rings (SSSR count). The van der Waals surface area contributed by atoms with Gasteiger partial charge in [0.05, 0.1) is 5.69 Å². The van der Waals surface area contributed by atoms with Crippen molar-refractivity contribution in [2.24, 2.45) is 7.05 Å². The molecule has 6 heteroatoms. The lowest BCUT2D eigenvalue weighted by Gasteiger charge is -2.34. The number of anilines is 1. The summed E-state index contributed by atoms with van der Waals surface area (Å²) in [5.41, 5.74) is 1.95. The fraction of sp³-hybridized carbons (Fsp3) is 0.474. The van der Waals surface area contributed by atoms with E-state index in [9.17, 15) is 9.90 Å². The third kappa shape index (κ3) is 4.39. The van der Waals surface area contributed by atoms with Crippen LogP contribution in [0.1, 0.15) is 24.1 Å². The Morgan fingerprint density at radius 3 is 2.84 bits per heavy atom. The van der Waals surface area contributed by atoms with Gasteiger partial charge in [0.1, 0.15) is 11.9 Å². The number of piperidine rings is 1. The van der Waals surface area contributed by atoms with E-state index in [0.717, 1.165) is 43.0 Å². The Bertz CT molecular complexity index is 713. The predicted molar refractivity (Wildman–Crippen MR) is 97.5 cm³/mol. The molecular weight excluding hydrogens is 316 g/mol. The Kier molecular flexibility index (Phi) is 5.38. The summed E-state index contributed by atoms with van der Waals surface area (Å²) in [7, 11) is 1.94. The minimum atomic E-state index is -1.02. The van der Waals surface area contributed by atoms with Gasteiger partial charge in [-0.3, -0.25) is 9.48 Å². The van der Waals surface area contributed by atoms with Crippen LogP contribution < -0.4 is 10.2 Å². The van der Waals surface area contributed by atoms with Crippen molar-refractivity contribution in [3.63, 3.8) is 0 Å². The maximum Gasteiger partial charge on any atom is 0.249 e. The number of nitrogens with zero attached hydrogens (tertiary/aromatic N) is 3. The number of aliphatic hydroxyl groups excluding tert-OH is 1. The van der Waals surface area contributed by atoms with E-state index < -0.39 is 6.10 Å². The van der Waals surface area contributed by atoms with Gasteiger partial charge in [0.15, 0.2) is 0 Å². The van der Waals surface area contributed by atoms with Crippen molar-refractivity contribution in [2.75, 3.05) is 18.0 Å². The number of aliphatic hydroxyl groups is 1. The number of hydrogen-bond acceptors (Lipinski definition) is 4. The molecule has 0 bridgehead atoms. The number of amides is 1. The van der Waals surface area contributed by atoms with Gasteiger partial charge in [-0.2, -0.15) is 5.10 Å². The Labute approximate surface area is 148 Å². The summed E-state index contributed by atoms with van der Waals surface area (Å²) in [4.78, 5) is 14.6. The van der Waals surface area contributed by atoms with Gasteiger partial charge in [0.2, 0.25) is 5.91 Å². The van der Waals surface area contributed by atoms with Crippen molar-refractivity contribution >= 4 is 11.7 Å². The summed E-state index contributed by atoms with van der Waals surface area (Å²) >= 11 is 0. The molecule has 6 nitrogen and oxygen atoms in total. The Morgan fingerprint density at radius 2 is 2.16 bits per heavy atom. The molecule has 0 radical (unpaired) electrons. The van der Waals surface area contributed by atoms with Gasteiger partial charge >= 0.3 is 0 Å². The number of carbonyl (C=O) groups excluding carboxylic acids is 1. The van der Waals surface area contributed by atoms with E-state index in [0.29, 0.717) is 6.42 Å². The van der Waals surface area contributed by atoms with Gasteiger partial charge in [0, 0.05) is 38.7 Å². The lowest BCUT2D eigenvalue weighted by atomic mass is 10.0. The summed E-state index contributed by atoms with van der Waals surface area (Å²) in [5, 5.41) is 17.6. The van der Waals surface area contributed by atoms with E-state index in [4.69, 9.17) is 0 Å². The molecule has 0 aliphatic carbocycles. The first kappa shape index (κ1) is 17.5. The fourth-order valence-corrected chi connectivity index (χ4v) is 3.42. The minimum Gasteiger partial charge on any atom is -0.383 e. The van der Waals surface area contributed by atoms with Crippen molar-refractivity contribution in [1.82, 2.24) is 15.1 Å². The molecule has 1 saturated heterocycles. The molecule has 2 heterocycles. The molecule has 134 valence electrons. The van der Waals surface area contributed by atoms with Crippen LogP contribution in [0.25, 0.3) is 0 Å². The molecule has 2 aromatic rings. The summed E-state index contributed by atoms with van der Waals surface area (Å²) < 4.78 is 1.88. The molecular formula is C19H26N4O2. The number of nitrogens with one attached hydrogen (secondary N) is 1. The summed E-state index contributed by atoms with van der Waals surface area (Å²) in [6, 6.07) is 11.7. The average Bonchev–Trinajstić information content (AvgIpc) is 2.94. The number of aryl methyl sites for hydroxylation is 2. The highest BCUT2D eigenvalue weighted by atomic mass is 16.3. The maximum atomic E-state index is 12.3. The standard InChI is InChI=1S/C19H26N4O2/c1-14-11-18(22(2)21-14)23-10-6-9-16(13-23)20-19(25)17(24)12-15-7-4-3-5-8-15/h3-5,7-8,11,16-17,24H,6,9-10,12-13H2,1-2H3,(H,20,25)/t16?,17-/m0/s1. The third-order valence-electron chi connectivity index (χ3n) is 4.64. The molecule has 1 aliphatic rings. The zero-order valence-electron chi connectivity index (χ0n) is 14.9. The average molecular weight is 342 g/mol. The quantitative estimate of drug-likeness (QED) is 0.862. The van der Waals surface area contributed by atoms with Crippen LogP contribution in [0.2, 0.25) is 0 Å². The van der Waals surface area contributed by atoms with Gasteiger partial charge in [-0.15, -0.1) is 0 Å². The van der Waals surface area contributed by atoms with Gasteiger partial charge in [-0.1, -0.05) is 30.3 Å². The second-order valence-corrected chi connectivity index (χ2v) is 6.77. The molecule has 0 spiro atoms. The topological polar surface area (TPSA) is 70.4 Å². The van der Waals surface area contributed by atoms with Gasteiger partial charge < -0.3 is 15.3 Å².